The predicted molar refractivity (Wildman–Crippen MR) is 78.7 cm³/mol. The minimum Gasteiger partial charge on any atom is -0.506 e. The Hall–Kier alpha value is -2.69. The summed E-state index contributed by atoms with van der Waals surface area (Å²) in [6.45, 7) is 3.15. The Morgan fingerprint density at radius 1 is 1.29 bits per heavy atom. The van der Waals surface area contributed by atoms with Crippen molar-refractivity contribution in [3.8, 4) is 5.75 Å². The summed E-state index contributed by atoms with van der Waals surface area (Å²) in [5, 5.41) is 10.6. The van der Waals surface area contributed by atoms with Crippen LogP contribution in [0.2, 0.25) is 0 Å². The summed E-state index contributed by atoms with van der Waals surface area (Å²) in [5.74, 6) is -1.03. The van der Waals surface area contributed by atoms with E-state index in [1.54, 1.807) is 25.1 Å². The Labute approximate surface area is 121 Å². The van der Waals surface area contributed by atoms with Gasteiger partial charge in [-0.1, -0.05) is 18.2 Å². The van der Waals surface area contributed by atoms with Crippen molar-refractivity contribution in [3.05, 3.63) is 41.6 Å². The molecule has 0 aliphatic carbocycles. The summed E-state index contributed by atoms with van der Waals surface area (Å²) >= 11 is 0. The molecule has 0 unspecified atom stereocenters. The van der Waals surface area contributed by atoms with Crippen molar-refractivity contribution in [2.24, 2.45) is 0 Å². The lowest BCUT2D eigenvalue weighted by Gasteiger charge is -2.05. The van der Waals surface area contributed by atoms with Gasteiger partial charge in [0.2, 0.25) is 0 Å². The molecule has 2 rings (SSSR count). The number of hydrogen-bond donors (Lipinski definition) is 1. The maximum absolute atomic E-state index is 11.7. The summed E-state index contributed by atoms with van der Waals surface area (Å²) in [4.78, 5) is 27.5. The van der Waals surface area contributed by atoms with Crippen LogP contribution in [0.15, 0.2) is 35.9 Å². The maximum Gasteiger partial charge on any atom is 0.341 e. The van der Waals surface area contributed by atoms with Gasteiger partial charge >= 0.3 is 5.97 Å². The number of rotatable bonds is 4. The van der Waals surface area contributed by atoms with E-state index in [1.165, 1.54) is 19.1 Å². The fourth-order valence-electron chi connectivity index (χ4n) is 1.89. The summed E-state index contributed by atoms with van der Waals surface area (Å²) in [7, 11) is 0. The quantitative estimate of drug-likeness (QED) is 0.404. The molecule has 0 radical (unpaired) electrons. The monoisotopic (exact) mass is 285 g/mol. The SMILES string of the molecule is CCOC(=O)/C(=C\c1ccc2cccc(O)c2n1)C(C)=O. The molecule has 1 aromatic carbocycles. The minimum atomic E-state index is -0.677. The van der Waals surface area contributed by atoms with Crippen LogP contribution in [0.4, 0.5) is 0 Å². The molecule has 0 saturated carbocycles. The van der Waals surface area contributed by atoms with Crippen LogP contribution in [0.5, 0.6) is 5.75 Å². The number of phenolic OH excluding ortho intramolecular Hbond substituents is 1. The first-order valence-corrected chi connectivity index (χ1v) is 6.51. The second-order valence-electron chi connectivity index (χ2n) is 4.42. The number of benzene rings is 1. The zero-order valence-corrected chi connectivity index (χ0v) is 11.8. The van der Waals surface area contributed by atoms with Crippen LogP contribution in [0, 0.1) is 0 Å². The third kappa shape index (κ3) is 3.25. The van der Waals surface area contributed by atoms with Crippen LogP contribution in [0.25, 0.3) is 17.0 Å². The largest absolute Gasteiger partial charge is 0.506 e. The van der Waals surface area contributed by atoms with Gasteiger partial charge in [-0.2, -0.15) is 0 Å². The third-order valence-electron chi connectivity index (χ3n) is 2.89. The Kier molecular flexibility index (Phi) is 4.33. The zero-order valence-electron chi connectivity index (χ0n) is 11.8. The lowest BCUT2D eigenvalue weighted by Crippen LogP contribution is -2.13. The molecule has 5 heteroatoms. The lowest BCUT2D eigenvalue weighted by molar-refractivity contribution is -0.139. The van der Waals surface area contributed by atoms with Gasteiger partial charge in [-0.15, -0.1) is 0 Å². The fraction of sp³-hybridized carbons (Fsp3) is 0.188. The van der Waals surface area contributed by atoms with Gasteiger partial charge in [0.25, 0.3) is 0 Å². The van der Waals surface area contributed by atoms with Crippen molar-refractivity contribution in [2.75, 3.05) is 6.61 Å². The van der Waals surface area contributed by atoms with E-state index in [0.717, 1.165) is 5.39 Å². The second kappa shape index (κ2) is 6.17. The third-order valence-corrected chi connectivity index (χ3v) is 2.89. The molecule has 0 aliphatic heterocycles. The summed E-state index contributed by atoms with van der Waals surface area (Å²) in [6, 6.07) is 8.49. The Balaban J connectivity index is 2.49. The molecule has 0 amide bonds. The highest BCUT2D eigenvalue weighted by Gasteiger charge is 2.16. The van der Waals surface area contributed by atoms with Gasteiger partial charge in [0.1, 0.15) is 16.8 Å². The average Bonchev–Trinajstić information content (AvgIpc) is 2.45. The van der Waals surface area contributed by atoms with Crippen molar-refractivity contribution < 1.29 is 19.4 Å². The molecule has 0 fully saturated rings. The fourth-order valence-corrected chi connectivity index (χ4v) is 1.89. The molecule has 0 atom stereocenters. The van der Waals surface area contributed by atoms with E-state index in [1.807, 2.05) is 6.07 Å². The molecule has 0 aliphatic rings. The molecule has 5 nitrogen and oxygen atoms in total. The Bertz CT molecular complexity index is 734. The second-order valence-corrected chi connectivity index (χ2v) is 4.42. The van der Waals surface area contributed by atoms with Crippen LogP contribution in [0.3, 0.4) is 0 Å². The number of carbonyl (C=O) groups is 2. The zero-order chi connectivity index (χ0) is 15.4. The van der Waals surface area contributed by atoms with E-state index >= 15 is 0 Å². The van der Waals surface area contributed by atoms with Crippen molar-refractivity contribution in [3.63, 3.8) is 0 Å². The average molecular weight is 285 g/mol. The molecule has 1 aromatic heterocycles. The van der Waals surface area contributed by atoms with E-state index in [4.69, 9.17) is 4.74 Å². The molecular weight excluding hydrogens is 270 g/mol. The van der Waals surface area contributed by atoms with Crippen LogP contribution in [-0.4, -0.2) is 28.4 Å². The van der Waals surface area contributed by atoms with Gasteiger partial charge in [0, 0.05) is 5.39 Å². The first kappa shape index (κ1) is 14.7. The number of aromatic hydroxyl groups is 1. The van der Waals surface area contributed by atoms with E-state index < -0.39 is 11.8 Å². The molecule has 1 heterocycles. The van der Waals surface area contributed by atoms with Crippen LogP contribution < -0.4 is 0 Å². The number of esters is 1. The molecule has 21 heavy (non-hydrogen) atoms. The standard InChI is InChI=1S/C16H15NO4/c1-3-21-16(20)13(10(2)18)9-12-8-7-11-5-4-6-14(19)15(11)17-12/h4-9,19H,3H2,1-2H3/b13-9-. The molecule has 0 spiro atoms. The first-order chi connectivity index (χ1) is 10.0. The lowest BCUT2D eigenvalue weighted by atomic mass is 10.1. The maximum atomic E-state index is 11.7. The van der Waals surface area contributed by atoms with Gasteiger partial charge in [0.15, 0.2) is 5.78 Å². The highest BCUT2D eigenvalue weighted by molar-refractivity contribution is 6.19. The number of aromatic nitrogens is 1. The number of Topliss-reactive ketones (excluding diaryl/α,β-unsaturated/α-hetero) is 1. The predicted octanol–water partition coefficient (Wildman–Crippen LogP) is 2.48. The Morgan fingerprint density at radius 3 is 2.71 bits per heavy atom. The van der Waals surface area contributed by atoms with Gasteiger partial charge in [-0.3, -0.25) is 4.79 Å². The number of phenols is 1. The van der Waals surface area contributed by atoms with Crippen molar-refractivity contribution in [1.29, 1.82) is 0 Å². The number of carbonyl (C=O) groups excluding carboxylic acids is 2. The van der Waals surface area contributed by atoms with E-state index in [0.29, 0.717) is 11.2 Å². The van der Waals surface area contributed by atoms with Gasteiger partial charge in [0.05, 0.1) is 12.3 Å². The van der Waals surface area contributed by atoms with E-state index in [2.05, 4.69) is 4.98 Å². The molecule has 108 valence electrons. The number of pyridine rings is 1. The molecular formula is C16H15NO4. The number of para-hydroxylation sites is 1. The summed E-state index contributed by atoms with van der Waals surface area (Å²) < 4.78 is 4.84. The van der Waals surface area contributed by atoms with Crippen molar-refractivity contribution in [1.82, 2.24) is 4.98 Å². The number of fused-ring (bicyclic) bond motifs is 1. The topological polar surface area (TPSA) is 76.5 Å². The number of nitrogens with zero attached hydrogens (tertiary/aromatic N) is 1. The highest BCUT2D eigenvalue weighted by Crippen LogP contribution is 2.23. The first-order valence-electron chi connectivity index (χ1n) is 6.51. The van der Waals surface area contributed by atoms with Crippen LogP contribution in [-0.2, 0) is 14.3 Å². The molecule has 1 N–H and O–H groups in total. The van der Waals surface area contributed by atoms with Gasteiger partial charge in [-0.05, 0) is 32.1 Å². The highest BCUT2D eigenvalue weighted by atomic mass is 16.5. The van der Waals surface area contributed by atoms with E-state index in [9.17, 15) is 14.7 Å². The smallest absolute Gasteiger partial charge is 0.341 e. The number of ketones is 1. The number of hydrogen-bond acceptors (Lipinski definition) is 5. The van der Waals surface area contributed by atoms with Crippen LogP contribution in [0.1, 0.15) is 19.5 Å². The summed E-state index contributed by atoms with van der Waals surface area (Å²) in [6.07, 6.45) is 1.37. The van der Waals surface area contributed by atoms with Crippen LogP contribution >= 0.6 is 0 Å². The van der Waals surface area contributed by atoms with E-state index in [-0.39, 0.29) is 17.9 Å². The molecule has 0 saturated heterocycles. The van der Waals surface area contributed by atoms with Gasteiger partial charge in [-0.25, -0.2) is 9.78 Å². The normalized spacial score (nSPS) is 11.4. The Morgan fingerprint density at radius 2 is 2.05 bits per heavy atom. The molecule has 0 bridgehead atoms. The van der Waals surface area contributed by atoms with Crippen molar-refractivity contribution >= 4 is 28.7 Å². The summed E-state index contributed by atoms with van der Waals surface area (Å²) in [5.41, 5.74) is 0.749. The molecule has 2 aromatic rings. The minimum absolute atomic E-state index is 0.0447. The number of ether oxygens (including phenoxy) is 1. The van der Waals surface area contributed by atoms with Gasteiger partial charge < -0.3 is 9.84 Å². The van der Waals surface area contributed by atoms with Crippen molar-refractivity contribution in [2.45, 2.75) is 13.8 Å².